The third-order valence-corrected chi connectivity index (χ3v) is 4.51. The molecule has 0 fully saturated rings. The molecule has 0 spiro atoms. The van der Waals surface area contributed by atoms with Gasteiger partial charge in [0.1, 0.15) is 0 Å². The van der Waals surface area contributed by atoms with E-state index in [9.17, 15) is 4.79 Å². The molecule has 0 aliphatic carbocycles. The lowest BCUT2D eigenvalue weighted by Gasteiger charge is -2.41. The van der Waals surface area contributed by atoms with Crippen LogP contribution in [0.2, 0.25) is 0 Å². The number of carbonyl (C=O) groups is 1. The van der Waals surface area contributed by atoms with E-state index in [1.54, 1.807) is 0 Å². The molecule has 24 heavy (non-hydrogen) atoms. The summed E-state index contributed by atoms with van der Waals surface area (Å²) in [6.07, 6.45) is 3.15. The van der Waals surface area contributed by atoms with Gasteiger partial charge in [-0.1, -0.05) is 37.3 Å². The number of carbonyl (C=O) groups excluding carboxylic acids is 1. The molecule has 0 aromatic heterocycles. The van der Waals surface area contributed by atoms with Gasteiger partial charge in [-0.3, -0.25) is 4.90 Å². The van der Waals surface area contributed by atoms with E-state index in [4.69, 9.17) is 0 Å². The maximum Gasteiger partial charge on any atom is 0.327 e. The number of nitrogens with zero attached hydrogens (tertiary/aromatic N) is 1. The van der Waals surface area contributed by atoms with Crippen LogP contribution in [0.4, 0.5) is 16.2 Å². The fourth-order valence-electron chi connectivity index (χ4n) is 3.37. The van der Waals surface area contributed by atoms with Crippen molar-refractivity contribution in [2.45, 2.75) is 39.7 Å². The maximum absolute atomic E-state index is 13.0. The Hall–Kier alpha value is -2.55. The van der Waals surface area contributed by atoms with Gasteiger partial charge in [-0.2, -0.15) is 0 Å². The predicted molar refractivity (Wildman–Crippen MR) is 101 cm³/mol. The Bertz CT molecular complexity index is 791. The Morgan fingerprint density at radius 3 is 2.50 bits per heavy atom. The van der Waals surface area contributed by atoms with E-state index in [1.165, 1.54) is 11.1 Å². The zero-order chi connectivity index (χ0) is 17.3. The van der Waals surface area contributed by atoms with Crippen LogP contribution in [0, 0.1) is 0 Å². The Balaban J connectivity index is 2.02. The van der Waals surface area contributed by atoms with Crippen molar-refractivity contribution in [3.05, 3.63) is 65.7 Å². The summed E-state index contributed by atoms with van der Waals surface area (Å²) in [5, 5.41) is 3.01. The monoisotopic (exact) mass is 320 g/mol. The lowest BCUT2D eigenvalue weighted by molar-refractivity contribution is 0.253. The SMILES string of the molecule is CCc1ccc2c(c1)C(C)=CC(C)(C)N2C(=O)Nc1ccccc1. The average Bonchev–Trinajstić information content (AvgIpc) is 2.54. The number of anilines is 2. The maximum atomic E-state index is 13.0. The lowest BCUT2D eigenvalue weighted by atomic mass is 9.88. The normalized spacial score (nSPS) is 15.5. The summed E-state index contributed by atoms with van der Waals surface area (Å²) in [5.41, 5.74) is 5.02. The van der Waals surface area contributed by atoms with E-state index in [-0.39, 0.29) is 11.6 Å². The minimum atomic E-state index is -0.385. The van der Waals surface area contributed by atoms with Gasteiger partial charge < -0.3 is 5.32 Å². The number of aryl methyl sites for hydroxylation is 1. The minimum Gasteiger partial charge on any atom is -0.308 e. The lowest BCUT2D eigenvalue weighted by Crippen LogP contribution is -2.50. The first-order valence-corrected chi connectivity index (χ1v) is 8.41. The first-order valence-electron chi connectivity index (χ1n) is 8.41. The molecule has 1 aliphatic heterocycles. The average molecular weight is 320 g/mol. The predicted octanol–water partition coefficient (Wildman–Crippen LogP) is 5.48. The van der Waals surface area contributed by atoms with Crippen LogP contribution in [-0.2, 0) is 6.42 Å². The van der Waals surface area contributed by atoms with Gasteiger partial charge in [-0.25, -0.2) is 4.79 Å². The highest BCUT2D eigenvalue weighted by Crippen LogP contribution is 2.39. The molecule has 0 bridgehead atoms. The Morgan fingerprint density at radius 2 is 1.83 bits per heavy atom. The quantitative estimate of drug-likeness (QED) is 0.780. The topological polar surface area (TPSA) is 32.3 Å². The summed E-state index contributed by atoms with van der Waals surface area (Å²) in [5.74, 6) is 0. The molecule has 0 saturated carbocycles. The molecule has 0 atom stereocenters. The van der Waals surface area contributed by atoms with Crippen LogP contribution >= 0.6 is 0 Å². The van der Waals surface area contributed by atoms with Crippen molar-refractivity contribution in [3.63, 3.8) is 0 Å². The van der Waals surface area contributed by atoms with Gasteiger partial charge in [-0.05, 0) is 62.6 Å². The van der Waals surface area contributed by atoms with Crippen molar-refractivity contribution in [3.8, 4) is 0 Å². The van der Waals surface area contributed by atoms with Crippen molar-refractivity contribution >= 4 is 23.0 Å². The van der Waals surface area contributed by atoms with Gasteiger partial charge >= 0.3 is 6.03 Å². The number of benzene rings is 2. The molecule has 2 aromatic carbocycles. The Morgan fingerprint density at radius 1 is 1.12 bits per heavy atom. The fraction of sp³-hybridized carbons (Fsp3) is 0.286. The summed E-state index contributed by atoms with van der Waals surface area (Å²) in [7, 11) is 0. The molecular formula is C21H24N2O. The zero-order valence-electron chi connectivity index (χ0n) is 14.8. The smallest absolute Gasteiger partial charge is 0.308 e. The summed E-state index contributed by atoms with van der Waals surface area (Å²) >= 11 is 0. The van der Waals surface area contributed by atoms with E-state index in [2.05, 4.69) is 57.3 Å². The van der Waals surface area contributed by atoms with Crippen LogP contribution in [0.15, 0.2) is 54.6 Å². The second-order valence-corrected chi connectivity index (χ2v) is 6.82. The molecule has 1 aliphatic rings. The van der Waals surface area contributed by atoms with Crippen LogP contribution in [0.25, 0.3) is 5.57 Å². The second-order valence-electron chi connectivity index (χ2n) is 6.82. The molecule has 3 heteroatoms. The molecular weight excluding hydrogens is 296 g/mol. The molecule has 2 aromatic rings. The number of rotatable bonds is 2. The van der Waals surface area contributed by atoms with E-state index >= 15 is 0 Å². The van der Waals surface area contributed by atoms with Gasteiger partial charge in [0, 0.05) is 11.3 Å². The highest BCUT2D eigenvalue weighted by molar-refractivity contribution is 6.06. The molecule has 0 radical (unpaired) electrons. The van der Waals surface area contributed by atoms with Crippen molar-refractivity contribution in [1.82, 2.24) is 0 Å². The zero-order valence-corrected chi connectivity index (χ0v) is 14.8. The van der Waals surface area contributed by atoms with Crippen molar-refractivity contribution < 1.29 is 4.79 Å². The standard InChI is InChI=1S/C21H24N2O/c1-5-16-11-12-19-18(13-16)15(2)14-21(3,4)23(19)20(24)22-17-9-7-6-8-10-17/h6-14H,5H2,1-4H3,(H,22,24). The largest absolute Gasteiger partial charge is 0.327 e. The summed E-state index contributed by atoms with van der Waals surface area (Å²) < 4.78 is 0. The van der Waals surface area contributed by atoms with Gasteiger partial charge in [0.15, 0.2) is 0 Å². The van der Waals surface area contributed by atoms with E-state index in [1.807, 2.05) is 35.2 Å². The molecule has 3 nitrogen and oxygen atoms in total. The van der Waals surface area contributed by atoms with Crippen LogP contribution in [0.1, 0.15) is 38.8 Å². The summed E-state index contributed by atoms with van der Waals surface area (Å²) in [4.78, 5) is 14.8. The number of urea groups is 1. The van der Waals surface area contributed by atoms with Gasteiger partial charge in [0.25, 0.3) is 0 Å². The Labute approximate surface area is 144 Å². The molecule has 2 amide bonds. The van der Waals surface area contributed by atoms with Crippen molar-refractivity contribution in [1.29, 1.82) is 0 Å². The molecule has 3 rings (SSSR count). The number of hydrogen-bond acceptors (Lipinski definition) is 1. The number of amides is 2. The van der Waals surface area contributed by atoms with Gasteiger partial charge in [-0.15, -0.1) is 0 Å². The van der Waals surface area contributed by atoms with Crippen LogP contribution < -0.4 is 10.2 Å². The third-order valence-electron chi connectivity index (χ3n) is 4.51. The van der Waals surface area contributed by atoms with Crippen molar-refractivity contribution in [2.75, 3.05) is 10.2 Å². The molecule has 124 valence electrons. The number of allylic oxidation sites excluding steroid dienone is 1. The van der Waals surface area contributed by atoms with Crippen LogP contribution in [0.3, 0.4) is 0 Å². The molecule has 1 N–H and O–H groups in total. The van der Waals surface area contributed by atoms with E-state index in [0.717, 1.165) is 23.4 Å². The van der Waals surface area contributed by atoms with Crippen LogP contribution in [0.5, 0.6) is 0 Å². The van der Waals surface area contributed by atoms with Gasteiger partial charge in [0.2, 0.25) is 0 Å². The molecule has 1 heterocycles. The van der Waals surface area contributed by atoms with Crippen LogP contribution in [-0.4, -0.2) is 11.6 Å². The van der Waals surface area contributed by atoms with E-state index in [0.29, 0.717) is 0 Å². The molecule has 0 saturated heterocycles. The third kappa shape index (κ3) is 2.94. The highest BCUT2D eigenvalue weighted by Gasteiger charge is 2.35. The molecule has 0 unspecified atom stereocenters. The first-order chi connectivity index (χ1) is 11.4. The fourth-order valence-corrected chi connectivity index (χ4v) is 3.37. The first kappa shape index (κ1) is 16.3. The number of hydrogen-bond donors (Lipinski definition) is 1. The number of nitrogens with one attached hydrogen (secondary N) is 1. The van der Waals surface area contributed by atoms with Crippen molar-refractivity contribution in [2.24, 2.45) is 0 Å². The summed E-state index contributed by atoms with van der Waals surface area (Å²) in [6.45, 7) is 8.40. The highest BCUT2D eigenvalue weighted by atomic mass is 16.2. The Kier molecular flexibility index (Phi) is 4.18. The number of para-hydroxylation sites is 1. The number of fused-ring (bicyclic) bond motifs is 1. The van der Waals surface area contributed by atoms with E-state index < -0.39 is 0 Å². The summed E-state index contributed by atoms with van der Waals surface area (Å²) in [6, 6.07) is 15.8. The minimum absolute atomic E-state index is 0.111. The van der Waals surface area contributed by atoms with Gasteiger partial charge in [0.05, 0.1) is 11.2 Å². The second kappa shape index (κ2) is 6.16.